The molecule has 0 aromatic heterocycles. The number of methoxy groups -OCH3 is 4. The third-order valence-corrected chi connectivity index (χ3v) is 6.16. The van der Waals surface area contributed by atoms with E-state index in [0.717, 1.165) is 16.7 Å². The molecule has 1 atom stereocenters. The molecule has 0 amide bonds. The van der Waals surface area contributed by atoms with Crippen LogP contribution in [0.5, 0.6) is 23.0 Å². The number of ketones is 1. The van der Waals surface area contributed by atoms with Gasteiger partial charge >= 0.3 is 0 Å². The predicted molar refractivity (Wildman–Crippen MR) is 132 cm³/mol. The molecule has 1 aliphatic rings. The smallest absolute Gasteiger partial charge is 0.182 e. The molecule has 0 N–H and O–H groups in total. The van der Waals surface area contributed by atoms with Crippen molar-refractivity contribution in [1.29, 1.82) is 0 Å². The summed E-state index contributed by atoms with van der Waals surface area (Å²) in [5.74, 6) is 2.06. The lowest BCUT2D eigenvalue weighted by Crippen LogP contribution is -2.33. The number of benzene rings is 3. The fourth-order valence-electron chi connectivity index (χ4n) is 4.32. The monoisotopic (exact) mass is 477 g/mol. The molecule has 1 aliphatic heterocycles. The van der Waals surface area contributed by atoms with Gasteiger partial charge in [-0.05, 0) is 77.7 Å². The number of hydrogen-bond donors (Lipinski definition) is 0. The first-order valence-electron chi connectivity index (χ1n) is 11.2. The molecule has 6 nitrogen and oxygen atoms in total. The molecular formula is C28H28FNO5. The number of ether oxygens (including phenoxy) is 4. The lowest BCUT2D eigenvalue weighted by atomic mass is 9.90. The van der Waals surface area contributed by atoms with Crippen LogP contribution >= 0.6 is 0 Å². The third-order valence-electron chi connectivity index (χ3n) is 6.16. The second-order valence-electron chi connectivity index (χ2n) is 8.16. The van der Waals surface area contributed by atoms with E-state index in [-0.39, 0.29) is 24.2 Å². The highest BCUT2D eigenvalue weighted by Gasteiger charge is 2.28. The van der Waals surface area contributed by atoms with Crippen LogP contribution in [-0.4, -0.2) is 45.7 Å². The minimum absolute atomic E-state index is 0.101. The Morgan fingerprint density at radius 1 is 0.829 bits per heavy atom. The molecule has 0 saturated heterocycles. The van der Waals surface area contributed by atoms with Gasteiger partial charge < -0.3 is 23.8 Å². The Labute approximate surface area is 204 Å². The van der Waals surface area contributed by atoms with E-state index in [0.29, 0.717) is 35.0 Å². The molecule has 0 bridgehead atoms. The molecule has 35 heavy (non-hydrogen) atoms. The van der Waals surface area contributed by atoms with Gasteiger partial charge in [0.2, 0.25) is 0 Å². The zero-order valence-electron chi connectivity index (χ0n) is 20.2. The fraction of sp³-hybridized carbons (Fsp3) is 0.250. The van der Waals surface area contributed by atoms with E-state index in [4.69, 9.17) is 18.9 Å². The van der Waals surface area contributed by atoms with Gasteiger partial charge in [0, 0.05) is 11.8 Å². The summed E-state index contributed by atoms with van der Waals surface area (Å²) in [6.45, 7) is 0.133. The minimum Gasteiger partial charge on any atom is -0.493 e. The molecule has 1 heterocycles. The zero-order valence-corrected chi connectivity index (χ0v) is 20.2. The van der Waals surface area contributed by atoms with Crippen LogP contribution in [0.25, 0.3) is 6.08 Å². The van der Waals surface area contributed by atoms with Gasteiger partial charge in [0.05, 0.1) is 41.0 Å². The van der Waals surface area contributed by atoms with Crippen LogP contribution in [0.2, 0.25) is 0 Å². The maximum atomic E-state index is 13.4. The summed E-state index contributed by atoms with van der Waals surface area (Å²) in [5, 5.41) is 0. The first-order chi connectivity index (χ1) is 17.0. The standard InChI is InChI=1S/C28H28FNO5/c1-32-25-10-5-18(14-26(25)33-2)13-23-22-16-28(35-4)27(34-3)15-20(22)11-12-30(23)17-24(31)19-6-8-21(29)9-7-19/h5-12,14-16,23H,13,17H2,1-4H3. The molecule has 7 heteroatoms. The van der Waals surface area contributed by atoms with Gasteiger partial charge in [-0.25, -0.2) is 4.39 Å². The average molecular weight is 478 g/mol. The van der Waals surface area contributed by atoms with E-state index >= 15 is 0 Å². The first-order valence-corrected chi connectivity index (χ1v) is 11.2. The lowest BCUT2D eigenvalue weighted by molar-refractivity contribution is 0.0933. The van der Waals surface area contributed by atoms with Gasteiger partial charge in [0.15, 0.2) is 28.8 Å². The molecular weight excluding hydrogens is 449 g/mol. The zero-order chi connectivity index (χ0) is 24.9. The predicted octanol–water partition coefficient (Wildman–Crippen LogP) is 5.31. The van der Waals surface area contributed by atoms with Crippen molar-refractivity contribution in [2.45, 2.75) is 12.5 Å². The minimum atomic E-state index is -0.374. The number of fused-ring (bicyclic) bond motifs is 1. The Hall–Kier alpha value is -4.00. The van der Waals surface area contributed by atoms with E-state index in [1.807, 2.05) is 47.5 Å². The van der Waals surface area contributed by atoms with Crippen molar-refractivity contribution in [2.24, 2.45) is 0 Å². The van der Waals surface area contributed by atoms with Crippen molar-refractivity contribution in [2.75, 3.05) is 35.0 Å². The maximum Gasteiger partial charge on any atom is 0.182 e. The molecule has 1 unspecified atom stereocenters. The Morgan fingerprint density at radius 3 is 2.11 bits per heavy atom. The maximum absolute atomic E-state index is 13.4. The van der Waals surface area contributed by atoms with Crippen molar-refractivity contribution in [3.05, 3.63) is 88.9 Å². The van der Waals surface area contributed by atoms with Crippen molar-refractivity contribution >= 4 is 11.9 Å². The van der Waals surface area contributed by atoms with Crippen molar-refractivity contribution in [3.8, 4) is 23.0 Å². The highest BCUT2D eigenvalue weighted by atomic mass is 19.1. The molecule has 0 spiro atoms. The Kier molecular flexibility index (Phi) is 7.25. The van der Waals surface area contributed by atoms with Gasteiger partial charge in [-0.15, -0.1) is 0 Å². The summed E-state index contributed by atoms with van der Waals surface area (Å²) >= 11 is 0. The summed E-state index contributed by atoms with van der Waals surface area (Å²) in [4.78, 5) is 15.1. The molecule has 0 saturated carbocycles. The third kappa shape index (κ3) is 5.09. The number of rotatable bonds is 9. The Bertz CT molecular complexity index is 1240. The van der Waals surface area contributed by atoms with E-state index in [2.05, 4.69) is 0 Å². The van der Waals surface area contributed by atoms with Crippen molar-refractivity contribution < 1.29 is 28.1 Å². The number of Topliss-reactive ketones (excluding diaryl/α,β-unsaturated/α-hetero) is 1. The normalized spacial score (nSPS) is 14.3. The molecule has 0 fully saturated rings. The molecule has 3 aromatic carbocycles. The molecule has 0 aliphatic carbocycles. The van der Waals surface area contributed by atoms with Crippen LogP contribution < -0.4 is 18.9 Å². The van der Waals surface area contributed by atoms with Gasteiger partial charge in [-0.1, -0.05) is 6.07 Å². The lowest BCUT2D eigenvalue weighted by Gasteiger charge is -2.35. The second-order valence-corrected chi connectivity index (χ2v) is 8.16. The van der Waals surface area contributed by atoms with Crippen LogP contribution in [0.4, 0.5) is 4.39 Å². The Morgan fingerprint density at radius 2 is 1.46 bits per heavy atom. The number of nitrogens with zero attached hydrogens (tertiary/aromatic N) is 1. The number of carbonyl (C=O) groups excluding carboxylic acids is 1. The number of halogens is 1. The molecule has 3 aromatic rings. The average Bonchev–Trinajstić information content (AvgIpc) is 2.89. The summed E-state index contributed by atoms with van der Waals surface area (Å²) in [5.41, 5.74) is 3.47. The summed E-state index contributed by atoms with van der Waals surface area (Å²) in [6.07, 6.45) is 4.48. The molecule has 182 valence electrons. The molecule has 4 rings (SSSR count). The van der Waals surface area contributed by atoms with E-state index in [1.165, 1.54) is 24.3 Å². The summed E-state index contributed by atoms with van der Waals surface area (Å²) in [7, 11) is 6.40. The van der Waals surface area contributed by atoms with Crippen molar-refractivity contribution in [1.82, 2.24) is 4.90 Å². The van der Waals surface area contributed by atoms with Gasteiger partial charge in [0.1, 0.15) is 5.82 Å². The quantitative estimate of drug-likeness (QED) is 0.389. The SMILES string of the molecule is COc1ccc(CC2c3cc(OC)c(OC)cc3C=CN2CC(=O)c2ccc(F)cc2)cc1OC. The summed E-state index contributed by atoms with van der Waals surface area (Å²) in [6, 6.07) is 15.1. The Balaban J connectivity index is 1.72. The first kappa shape index (κ1) is 24.1. The van der Waals surface area contributed by atoms with Crippen LogP contribution in [-0.2, 0) is 6.42 Å². The van der Waals surface area contributed by atoms with E-state index < -0.39 is 0 Å². The topological polar surface area (TPSA) is 57.2 Å². The van der Waals surface area contributed by atoms with E-state index in [1.54, 1.807) is 28.4 Å². The van der Waals surface area contributed by atoms with Crippen LogP contribution in [0.3, 0.4) is 0 Å². The number of carbonyl (C=O) groups is 1. The second kappa shape index (κ2) is 10.5. The largest absolute Gasteiger partial charge is 0.493 e. The van der Waals surface area contributed by atoms with Crippen LogP contribution in [0.15, 0.2) is 60.8 Å². The van der Waals surface area contributed by atoms with Crippen molar-refractivity contribution in [3.63, 3.8) is 0 Å². The fourth-order valence-corrected chi connectivity index (χ4v) is 4.32. The highest BCUT2D eigenvalue weighted by Crippen LogP contribution is 2.40. The van der Waals surface area contributed by atoms with Gasteiger partial charge in [-0.2, -0.15) is 0 Å². The van der Waals surface area contributed by atoms with E-state index in [9.17, 15) is 9.18 Å². The highest BCUT2D eigenvalue weighted by molar-refractivity contribution is 5.97. The number of hydrogen-bond acceptors (Lipinski definition) is 6. The van der Waals surface area contributed by atoms with Gasteiger partial charge in [-0.3, -0.25) is 4.79 Å². The van der Waals surface area contributed by atoms with Gasteiger partial charge in [0.25, 0.3) is 0 Å². The van der Waals surface area contributed by atoms with Crippen LogP contribution in [0.1, 0.15) is 33.1 Å². The molecule has 0 radical (unpaired) electrons. The van der Waals surface area contributed by atoms with Crippen LogP contribution in [0, 0.1) is 5.82 Å². The summed E-state index contributed by atoms with van der Waals surface area (Å²) < 4.78 is 35.3.